The quantitative estimate of drug-likeness (QED) is 0.585. The monoisotopic (exact) mass is 335 g/mol. The number of amidine groups is 1. The molecule has 0 aliphatic carbocycles. The first-order valence-corrected chi connectivity index (χ1v) is 7.99. The maximum absolute atomic E-state index is 11.5. The molecule has 1 saturated heterocycles. The van der Waals surface area contributed by atoms with E-state index in [1.807, 2.05) is 31.2 Å². The molecule has 1 heterocycles. The molecule has 0 aromatic heterocycles. The molecule has 1 aliphatic rings. The SMILES string of the molecule is CCCOc1ccc(/C=N\N=C2\NC(=O)[C@@H](CC(=O)O)S2)cc1. The van der Waals surface area contributed by atoms with E-state index in [-0.39, 0.29) is 12.3 Å². The summed E-state index contributed by atoms with van der Waals surface area (Å²) in [4.78, 5) is 22.2. The fourth-order valence-electron chi connectivity index (χ4n) is 1.76. The van der Waals surface area contributed by atoms with Gasteiger partial charge in [-0.15, -0.1) is 5.10 Å². The van der Waals surface area contributed by atoms with Gasteiger partial charge in [0, 0.05) is 0 Å². The second-order valence-corrected chi connectivity index (χ2v) is 5.95. The van der Waals surface area contributed by atoms with E-state index in [4.69, 9.17) is 9.84 Å². The summed E-state index contributed by atoms with van der Waals surface area (Å²) in [5.74, 6) is -0.581. The fourth-order valence-corrected chi connectivity index (χ4v) is 2.68. The zero-order chi connectivity index (χ0) is 16.7. The minimum Gasteiger partial charge on any atom is -0.494 e. The Labute approximate surface area is 137 Å². The lowest BCUT2D eigenvalue weighted by Gasteiger charge is -2.03. The van der Waals surface area contributed by atoms with E-state index >= 15 is 0 Å². The lowest BCUT2D eigenvalue weighted by Crippen LogP contribution is -2.26. The largest absolute Gasteiger partial charge is 0.494 e. The molecule has 23 heavy (non-hydrogen) atoms. The van der Waals surface area contributed by atoms with Gasteiger partial charge in [-0.2, -0.15) is 5.10 Å². The first-order valence-electron chi connectivity index (χ1n) is 7.11. The van der Waals surface area contributed by atoms with Crippen molar-refractivity contribution >= 4 is 35.0 Å². The first kappa shape index (κ1) is 17.0. The number of hydrogen-bond acceptors (Lipinski definition) is 6. The summed E-state index contributed by atoms with van der Waals surface area (Å²) in [6, 6.07) is 7.39. The smallest absolute Gasteiger partial charge is 0.305 e. The zero-order valence-electron chi connectivity index (χ0n) is 12.6. The van der Waals surface area contributed by atoms with Crippen LogP contribution in [-0.2, 0) is 9.59 Å². The highest BCUT2D eigenvalue weighted by Gasteiger charge is 2.32. The van der Waals surface area contributed by atoms with Crippen LogP contribution in [0.3, 0.4) is 0 Å². The molecule has 1 aliphatic heterocycles. The average Bonchev–Trinajstić information content (AvgIpc) is 2.86. The molecule has 1 aromatic rings. The Morgan fingerprint density at radius 2 is 2.17 bits per heavy atom. The molecule has 0 unspecified atom stereocenters. The van der Waals surface area contributed by atoms with Gasteiger partial charge in [0.25, 0.3) is 0 Å². The van der Waals surface area contributed by atoms with Crippen LogP contribution in [0.15, 0.2) is 34.5 Å². The number of carboxylic acid groups (broad SMARTS) is 1. The van der Waals surface area contributed by atoms with Crippen molar-refractivity contribution in [2.45, 2.75) is 25.0 Å². The predicted molar refractivity (Wildman–Crippen MR) is 89.0 cm³/mol. The lowest BCUT2D eigenvalue weighted by molar-refractivity contribution is -0.138. The Kier molecular flexibility index (Phi) is 6.16. The molecule has 0 radical (unpaired) electrons. The molecule has 122 valence electrons. The van der Waals surface area contributed by atoms with Crippen LogP contribution in [0.1, 0.15) is 25.3 Å². The van der Waals surface area contributed by atoms with Crippen molar-refractivity contribution in [2.75, 3.05) is 6.61 Å². The van der Waals surface area contributed by atoms with Crippen molar-refractivity contribution in [3.8, 4) is 5.75 Å². The zero-order valence-corrected chi connectivity index (χ0v) is 13.4. The highest BCUT2D eigenvalue weighted by Crippen LogP contribution is 2.22. The number of benzene rings is 1. The second kappa shape index (κ2) is 8.33. The Bertz CT molecular complexity index is 628. The Balaban J connectivity index is 1.90. The summed E-state index contributed by atoms with van der Waals surface area (Å²) >= 11 is 1.07. The van der Waals surface area contributed by atoms with Gasteiger partial charge in [0.1, 0.15) is 11.0 Å². The number of carbonyl (C=O) groups is 2. The van der Waals surface area contributed by atoms with E-state index in [2.05, 4.69) is 15.5 Å². The van der Waals surface area contributed by atoms with E-state index in [1.54, 1.807) is 6.21 Å². The highest BCUT2D eigenvalue weighted by atomic mass is 32.2. The lowest BCUT2D eigenvalue weighted by atomic mass is 10.2. The summed E-state index contributed by atoms with van der Waals surface area (Å²) in [7, 11) is 0. The Morgan fingerprint density at radius 1 is 1.43 bits per heavy atom. The molecule has 7 nitrogen and oxygen atoms in total. The number of hydrogen-bond donors (Lipinski definition) is 2. The van der Waals surface area contributed by atoms with Gasteiger partial charge >= 0.3 is 5.97 Å². The van der Waals surface area contributed by atoms with Crippen molar-refractivity contribution in [3.05, 3.63) is 29.8 Å². The van der Waals surface area contributed by atoms with E-state index in [9.17, 15) is 9.59 Å². The number of carboxylic acids is 1. The number of rotatable bonds is 7. The molecule has 0 saturated carbocycles. The predicted octanol–water partition coefficient (Wildman–Crippen LogP) is 1.87. The van der Waals surface area contributed by atoms with Crippen LogP contribution in [-0.4, -0.2) is 40.2 Å². The van der Waals surface area contributed by atoms with Crippen LogP contribution in [0, 0.1) is 0 Å². The van der Waals surface area contributed by atoms with E-state index in [0.717, 1.165) is 29.5 Å². The number of aliphatic carboxylic acids is 1. The third-order valence-electron chi connectivity index (χ3n) is 2.84. The molecule has 0 bridgehead atoms. The first-order chi connectivity index (χ1) is 11.1. The van der Waals surface area contributed by atoms with Crippen LogP contribution in [0.4, 0.5) is 0 Å². The van der Waals surface area contributed by atoms with Gasteiger partial charge in [0.15, 0.2) is 5.17 Å². The van der Waals surface area contributed by atoms with E-state index in [0.29, 0.717) is 11.8 Å². The Hall–Kier alpha value is -2.35. The minimum absolute atomic E-state index is 0.238. The van der Waals surface area contributed by atoms with Gasteiger partial charge in [-0.25, -0.2) is 0 Å². The van der Waals surface area contributed by atoms with Crippen LogP contribution in [0.2, 0.25) is 0 Å². The Morgan fingerprint density at radius 3 is 2.83 bits per heavy atom. The molecule has 1 aromatic carbocycles. The molecular formula is C15H17N3O4S. The van der Waals surface area contributed by atoms with Crippen molar-refractivity contribution in [1.29, 1.82) is 0 Å². The number of amides is 1. The van der Waals surface area contributed by atoms with Crippen molar-refractivity contribution in [2.24, 2.45) is 10.2 Å². The minimum atomic E-state index is -1.02. The van der Waals surface area contributed by atoms with Gasteiger partial charge in [-0.1, -0.05) is 18.7 Å². The van der Waals surface area contributed by atoms with E-state index in [1.165, 1.54) is 0 Å². The van der Waals surface area contributed by atoms with Crippen LogP contribution in [0.5, 0.6) is 5.75 Å². The summed E-state index contributed by atoms with van der Waals surface area (Å²) < 4.78 is 5.48. The normalized spacial score (nSPS) is 19.3. The fraction of sp³-hybridized carbons (Fsp3) is 0.333. The van der Waals surface area contributed by atoms with Crippen molar-refractivity contribution in [3.63, 3.8) is 0 Å². The summed E-state index contributed by atoms with van der Waals surface area (Å²) in [5.41, 5.74) is 0.842. The summed E-state index contributed by atoms with van der Waals surface area (Å²) in [6.45, 7) is 2.72. The molecule has 1 amide bonds. The van der Waals surface area contributed by atoms with Gasteiger partial charge in [0.2, 0.25) is 5.91 Å². The maximum atomic E-state index is 11.5. The molecule has 1 fully saturated rings. The number of thioether (sulfide) groups is 1. The third-order valence-corrected chi connectivity index (χ3v) is 3.92. The van der Waals surface area contributed by atoms with Crippen molar-refractivity contribution in [1.82, 2.24) is 5.32 Å². The van der Waals surface area contributed by atoms with Crippen LogP contribution < -0.4 is 10.1 Å². The molecule has 2 rings (SSSR count). The van der Waals surface area contributed by atoms with Crippen LogP contribution in [0.25, 0.3) is 0 Å². The summed E-state index contributed by atoms with van der Waals surface area (Å²) in [6.07, 6.45) is 2.26. The molecule has 1 atom stereocenters. The third kappa shape index (κ3) is 5.41. The number of carbonyl (C=O) groups excluding carboxylic acids is 1. The number of nitrogens with zero attached hydrogens (tertiary/aromatic N) is 2. The van der Waals surface area contributed by atoms with E-state index < -0.39 is 11.2 Å². The molecule has 0 spiro atoms. The molecule has 2 N–H and O–H groups in total. The molecular weight excluding hydrogens is 318 g/mol. The van der Waals surface area contributed by atoms with Crippen molar-refractivity contribution < 1.29 is 19.4 Å². The van der Waals surface area contributed by atoms with Gasteiger partial charge in [0.05, 0.1) is 19.2 Å². The average molecular weight is 335 g/mol. The number of ether oxygens (including phenoxy) is 1. The maximum Gasteiger partial charge on any atom is 0.305 e. The second-order valence-electron chi connectivity index (χ2n) is 4.76. The topological polar surface area (TPSA) is 100 Å². The van der Waals surface area contributed by atoms with Gasteiger partial charge in [-0.05, 0) is 36.2 Å². The highest BCUT2D eigenvalue weighted by molar-refractivity contribution is 8.15. The molecule has 8 heteroatoms. The van der Waals surface area contributed by atoms with Gasteiger partial charge < -0.3 is 15.2 Å². The standard InChI is InChI=1S/C15H17N3O4S/c1-2-7-22-11-5-3-10(4-6-11)9-16-18-15-17-14(21)12(23-15)8-13(19)20/h3-6,9,12H,2,7-8H2,1H3,(H,19,20)(H,17,18,21)/b16-9-/t12-/m1/s1. The summed E-state index contributed by atoms with van der Waals surface area (Å²) in [5, 5.41) is 18.7. The van der Waals surface area contributed by atoms with Crippen LogP contribution >= 0.6 is 11.8 Å². The van der Waals surface area contributed by atoms with Gasteiger partial charge in [-0.3, -0.25) is 9.59 Å². The number of nitrogens with one attached hydrogen (secondary N) is 1.